The molecule has 0 fully saturated rings. The number of hydrogen-bond donors (Lipinski definition) is 2. The van der Waals surface area contributed by atoms with Crippen molar-refractivity contribution in [1.29, 1.82) is 0 Å². The second kappa shape index (κ2) is 5.83. The van der Waals surface area contributed by atoms with Gasteiger partial charge in [0.05, 0.1) is 5.56 Å². The zero-order chi connectivity index (χ0) is 13.8. The number of rotatable bonds is 4. The van der Waals surface area contributed by atoms with Crippen molar-refractivity contribution in [2.24, 2.45) is 7.05 Å². The first-order valence-corrected chi connectivity index (χ1v) is 6.47. The number of amides is 1. The molecule has 2 rings (SSSR count). The number of carbonyl (C=O) groups is 1. The average Bonchev–Trinajstić information content (AvgIpc) is 2.75. The van der Waals surface area contributed by atoms with E-state index >= 15 is 0 Å². The van der Waals surface area contributed by atoms with Crippen LogP contribution in [0.25, 0.3) is 0 Å². The van der Waals surface area contributed by atoms with Crippen LogP contribution >= 0.6 is 15.9 Å². The smallest absolute Gasteiger partial charge is 0.255 e. The van der Waals surface area contributed by atoms with Gasteiger partial charge in [-0.05, 0) is 18.2 Å². The summed E-state index contributed by atoms with van der Waals surface area (Å²) in [5.41, 5.74) is 0.251. The largest absolute Gasteiger partial charge is 0.507 e. The van der Waals surface area contributed by atoms with E-state index in [9.17, 15) is 9.90 Å². The number of aryl methyl sites for hydroxylation is 1. The minimum Gasteiger partial charge on any atom is -0.507 e. The van der Waals surface area contributed by atoms with Gasteiger partial charge in [0, 0.05) is 24.5 Å². The molecule has 0 saturated heterocycles. The van der Waals surface area contributed by atoms with Crippen molar-refractivity contribution in [3.63, 3.8) is 0 Å². The van der Waals surface area contributed by atoms with E-state index in [1.54, 1.807) is 23.0 Å². The fourth-order valence-electron chi connectivity index (χ4n) is 1.61. The molecular formula is C12H13BrN4O2. The number of nitrogens with one attached hydrogen (secondary N) is 1. The van der Waals surface area contributed by atoms with Crippen molar-refractivity contribution in [1.82, 2.24) is 20.1 Å². The van der Waals surface area contributed by atoms with Crippen molar-refractivity contribution < 1.29 is 9.90 Å². The van der Waals surface area contributed by atoms with Gasteiger partial charge >= 0.3 is 0 Å². The molecule has 19 heavy (non-hydrogen) atoms. The number of aromatic nitrogens is 3. The maximum atomic E-state index is 11.9. The Morgan fingerprint density at radius 2 is 2.32 bits per heavy atom. The molecule has 0 aliphatic rings. The molecule has 0 atom stereocenters. The number of halogens is 1. The molecule has 1 amide bonds. The van der Waals surface area contributed by atoms with Crippen LogP contribution < -0.4 is 5.32 Å². The molecule has 0 aliphatic heterocycles. The summed E-state index contributed by atoms with van der Waals surface area (Å²) in [6, 6.07) is 4.76. The van der Waals surface area contributed by atoms with Crippen LogP contribution in [0.2, 0.25) is 0 Å². The Morgan fingerprint density at radius 1 is 1.53 bits per heavy atom. The van der Waals surface area contributed by atoms with Crippen LogP contribution in [-0.2, 0) is 13.5 Å². The highest BCUT2D eigenvalue weighted by Gasteiger charge is 2.11. The molecule has 0 unspecified atom stereocenters. The van der Waals surface area contributed by atoms with Crippen LogP contribution in [0, 0.1) is 0 Å². The molecule has 0 radical (unpaired) electrons. The van der Waals surface area contributed by atoms with E-state index in [4.69, 9.17) is 0 Å². The van der Waals surface area contributed by atoms with Gasteiger partial charge in [0.25, 0.3) is 5.91 Å². The number of nitrogens with zero attached hydrogens (tertiary/aromatic N) is 3. The molecule has 2 N–H and O–H groups in total. The lowest BCUT2D eigenvalue weighted by molar-refractivity contribution is 0.0951. The highest BCUT2D eigenvalue weighted by Crippen LogP contribution is 2.21. The second-order valence-electron chi connectivity index (χ2n) is 4.03. The Labute approximate surface area is 118 Å². The van der Waals surface area contributed by atoms with E-state index < -0.39 is 0 Å². The number of benzene rings is 1. The third kappa shape index (κ3) is 3.31. The van der Waals surface area contributed by atoms with Crippen molar-refractivity contribution >= 4 is 21.8 Å². The number of phenolic OH excluding ortho intramolecular Hbond substituents is 1. The molecule has 2 aromatic rings. The molecule has 1 aromatic heterocycles. The van der Waals surface area contributed by atoms with Crippen LogP contribution in [0.1, 0.15) is 16.2 Å². The maximum absolute atomic E-state index is 11.9. The van der Waals surface area contributed by atoms with Crippen LogP contribution in [-0.4, -0.2) is 32.3 Å². The van der Waals surface area contributed by atoms with Crippen LogP contribution in [0.15, 0.2) is 29.0 Å². The third-order valence-corrected chi connectivity index (χ3v) is 3.14. The van der Waals surface area contributed by atoms with Gasteiger partial charge in [0.15, 0.2) is 0 Å². The number of phenols is 1. The Bertz CT molecular complexity index is 597. The fraction of sp³-hybridized carbons (Fsp3) is 0.250. The van der Waals surface area contributed by atoms with E-state index in [1.165, 1.54) is 6.07 Å². The van der Waals surface area contributed by atoms with E-state index in [2.05, 4.69) is 31.4 Å². The monoisotopic (exact) mass is 324 g/mol. The van der Waals surface area contributed by atoms with Crippen molar-refractivity contribution in [3.8, 4) is 5.75 Å². The molecule has 1 aromatic carbocycles. The van der Waals surface area contributed by atoms with Crippen LogP contribution in [0.3, 0.4) is 0 Å². The van der Waals surface area contributed by atoms with Gasteiger partial charge in [-0.1, -0.05) is 15.9 Å². The van der Waals surface area contributed by atoms with Gasteiger partial charge < -0.3 is 15.0 Å². The molecule has 0 aliphatic carbocycles. The van der Waals surface area contributed by atoms with Crippen LogP contribution in [0.4, 0.5) is 0 Å². The summed E-state index contributed by atoms with van der Waals surface area (Å²) in [7, 11) is 1.84. The van der Waals surface area contributed by atoms with Crippen LogP contribution in [0.5, 0.6) is 5.75 Å². The maximum Gasteiger partial charge on any atom is 0.255 e. The van der Waals surface area contributed by atoms with Gasteiger partial charge in [-0.15, -0.1) is 10.2 Å². The SMILES string of the molecule is Cn1cnnc1CCNC(=O)c1ccc(Br)cc1O. The first-order chi connectivity index (χ1) is 9.08. The third-order valence-electron chi connectivity index (χ3n) is 2.64. The Kier molecular flexibility index (Phi) is 4.16. The Balaban J connectivity index is 1.93. The predicted molar refractivity (Wildman–Crippen MR) is 72.8 cm³/mol. The van der Waals surface area contributed by atoms with Crippen molar-refractivity contribution in [2.45, 2.75) is 6.42 Å². The molecular weight excluding hydrogens is 312 g/mol. The van der Waals surface area contributed by atoms with Gasteiger partial charge in [-0.3, -0.25) is 4.79 Å². The summed E-state index contributed by atoms with van der Waals surface area (Å²) in [4.78, 5) is 11.9. The summed E-state index contributed by atoms with van der Waals surface area (Å²) >= 11 is 3.22. The molecule has 7 heteroatoms. The average molecular weight is 325 g/mol. The normalized spacial score (nSPS) is 10.4. The highest BCUT2D eigenvalue weighted by molar-refractivity contribution is 9.10. The molecule has 100 valence electrons. The number of carbonyl (C=O) groups excluding carboxylic acids is 1. The lowest BCUT2D eigenvalue weighted by atomic mass is 10.2. The zero-order valence-electron chi connectivity index (χ0n) is 10.3. The number of hydrogen-bond acceptors (Lipinski definition) is 4. The Hall–Kier alpha value is -1.89. The van der Waals surface area contributed by atoms with Crippen molar-refractivity contribution in [2.75, 3.05) is 6.54 Å². The molecule has 0 saturated carbocycles. The van der Waals surface area contributed by atoms with Gasteiger partial charge in [0.2, 0.25) is 0 Å². The Morgan fingerprint density at radius 3 is 2.95 bits per heavy atom. The van der Waals surface area contributed by atoms with Gasteiger partial charge in [-0.25, -0.2) is 0 Å². The highest BCUT2D eigenvalue weighted by atomic mass is 79.9. The molecule has 1 heterocycles. The fourth-order valence-corrected chi connectivity index (χ4v) is 1.96. The molecule has 0 spiro atoms. The van der Waals surface area contributed by atoms with Crippen molar-refractivity contribution in [3.05, 3.63) is 40.4 Å². The summed E-state index contributed by atoms with van der Waals surface area (Å²) in [6.07, 6.45) is 2.19. The minimum atomic E-state index is -0.313. The van der Waals surface area contributed by atoms with E-state index in [0.29, 0.717) is 13.0 Å². The first kappa shape index (κ1) is 13.5. The lowest BCUT2D eigenvalue weighted by Crippen LogP contribution is -2.26. The quantitative estimate of drug-likeness (QED) is 0.887. The number of aromatic hydroxyl groups is 1. The second-order valence-corrected chi connectivity index (χ2v) is 4.94. The summed E-state index contributed by atoms with van der Waals surface area (Å²) in [5.74, 6) is 0.429. The van der Waals surface area contributed by atoms with E-state index in [0.717, 1.165) is 10.3 Å². The van der Waals surface area contributed by atoms with Gasteiger partial charge in [0.1, 0.15) is 17.9 Å². The summed E-state index contributed by atoms with van der Waals surface area (Å²) in [5, 5.41) is 20.1. The molecule has 6 nitrogen and oxygen atoms in total. The lowest BCUT2D eigenvalue weighted by Gasteiger charge is -2.06. The van der Waals surface area contributed by atoms with E-state index in [-0.39, 0.29) is 17.2 Å². The predicted octanol–water partition coefficient (Wildman–Crippen LogP) is 1.26. The minimum absolute atomic E-state index is 0.0504. The zero-order valence-corrected chi connectivity index (χ0v) is 11.9. The first-order valence-electron chi connectivity index (χ1n) is 5.67. The molecule has 0 bridgehead atoms. The topological polar surface area (TPSA) is 80.0 Å². The standard InChI is InChI=1S/C12H13BrN4O2/c1-17-7-15-16-11(17)4-5-14-12(19)9-3-2-8(13)6-10(9)18/h2-3,6-7,18H,4-5H2,1H3,(H,14,19). The van der Waals surface area contributed by atoms with Gasteiger partial charge in [-0.2, -0.15) is 0 Å². The van der Waals surface area contributed by atoms with E-state index in [1.807, 2.05) is 7.05 Å². The summed E-state index contributed by atoms with van der Waals surface area (Å²) in [6.45, 7) is 0.431. The summed E-state index contributed by atoms with van der Waals surface area (Å²) < 4.78 is 2.52.